The van der Waals surface area contributed by atoms with E-state index in [9.17, 15) is 13.2 Å². The van der Waals surface area contributed by atoms with Crippen LogP contribution in [0.25, 0.3) is 0 Å². The molecular formula is C14H17NO4S. The number of sulfone groups is 1. The summed E-state index contributed by atoms with van der Waals surface area (Å²) in [5.74, 6) is 0.921. The molecule has 6 heteroatoms. The lowest BCUT2D eigenvalue weighted by Gasteiger charge is -2.23. The zero-order valence-electron chi connectivity index (χ0n) is 11.3. The molecule has 20 heavy (non-hydrogen) atoms. The SMILES string of the molecule is CCOc1ccc(N2C(=O)C[C@@H]3CS(=O)(=O)C[C@@H]32)cc1. The van der Waals surface area contributed by atoms with E-state index in [1.54, 1.807) is 4.90 Å². The molecule has 0 aliphatic carbocycles. The molecule has 2 heterocycles. The number of nitrogens with zero attached hydrogens (tertiary/aromatic N) is 1. The summed E-state index contributed by atoms with van der Waals surface area (Å²) in [5, 5.41) is 0. The maximum Gasteiger partial charge on any atom is 0.227 e. The van der Waals surface area contributed by atoms with Crippen LogP contribution in [-0.2, 0) is 14.6 Å². The molecule has 1 amide bonds. The lowest BCUT2D eigenvalue weighted by molar-refractivity contribution is -0.117. The third-order valence-electron chi connectivity index (χ3n) is 3.90. The number of ether oxygens (including phenoxy) is 1. The van der Waals surface area contributed by atoms with Crippen molar-refractivity contribution in [1.29, 1.82) is 0 Å². The zero-order chi connectivity index (χ0) is 14.3. The van der Waals surface area contributed by atoms with Crippen LogP contribution in [0.5, 0.6) is 5.75 Å². The number of hydrogen-bond donors (Lipinski definition) is 0. The molecule has 108 valence electrons. The van der Waals surface area contributed by atoms with Crippen LogP contribution in [0.3, 0.4) is 0 Å². The average molecular weight is 295 g/mol. The number of rotatable bonds is 3. The number of carbonyl (C=O) groups excluding carboxylic acids is 1. The average Bonchev–Trinajstić information content (AvgIpc) is 2.81. The van der Waals surface area contributed by atoms with Crippen molar-refractivity contribution in [3.8, 4) is 5.75 Å². The van der Waals surface area contributed by atoms with E-state index in [0.29, 0.717) is 13.0 Å². The van der Waals surface area contributed by atoms with E-state index in [2.05, 4.69) is 0 Å². The largest absolute Gasteiger partial charge is 0.494 e. The minimum absolute atomic E-state index is 0.0130. The van der Waals surface area contributed by atoms with E-state index >= 15 is 0 Å². The molecule has 3 rings (SSSR count). The molecule has 0 radical (unpaired) electrons. The van der Waals surface area contributed by atoms with Gasteiger partial charge in [-0.05, 0) is 31.2 Å². The Morgan fingerprint density at radius 2 is 1.95 bits per heavy atom. The molecule has 2 aliphatic rings. The Labute approximate surface area is 118 Å². The fraction of sp³-hybridized carbons (Fsp3) is 0.500. The number of benzene rings is 1. The molecule has 0 N–H and O–H groups in total. The van der Waals surface area contributed by atoms with Crippen LogP contribution in [0, 0.1) is 5.92 Å². The van der Waals surface area contributed by atoms with Crippen LogP contribution in [0.15, 0.2) is 24.3 Å². The fourth-order valence-corrected chi connectivity index (χ4v) is 5.16. The molecule has 2 atom stereocenters. The minimum Gasteiger partial charge on any atom is -0.494 e. The van der Waals surface area contributed by atoms with Gasteiger partial charge in [-0.3, -0.25) is 4.79 Å². The van der Waals surface area contributed by atoms with E-state index in [0.717, 1.165) is 11.4 Å². The smallest absolute Gasteiger partial charge is 0.227 e. The summed E-state index contributed by atoms with van der Waals surface area (Å²) in [6, 6.07) is 7.04. The maximum absolute atomic E-state index is 12.1. The first-order chi connectivity index (χ1) is 9.50. The first-order valence-corrected chi connectivity index (χ1v) is 8.57. The van der Waals surface area contributed by atoms with Crippen molar-refractivity contribution in [2.24, 2.45) is 5.92 Å². The fourth-order valence-electron chi connectivity index (χ4n) is 3.09. The van der Waals surface area contributed by atoms with Gasteiger partial charge in [-0.15, -0.1) is 0 Å². The second-order valence-corrected chi connectivity index (χ2v) is 7.45. The topological polar surface area (TPSA) is 63.7 Å². The summed E-state index contributed by atoms with van der Waals surface area (Å²) in [7, 11) is -3.01. The van der Waals surface area contributed by atoms with Crippen LogP contribution in [0.2, 0.25) is 0 Å². The second-order valence-electron chi connectivity index (χ2n) is 5.30. The highest BCUT2D eigenvalue weighted by atomic mass is 32.2. The van der Waals surface area contributed by atoms with Crippen LogP contribution in [0.4, 0.5) is 5.69 Å². The highest BCUT2D eigenvalue weighted by molar-refractivity contribution is 7.91. The van der Waals surface area contributed by atoms with Gasteiger partial charge < -0.3 is 9.64 Å². The van der Waals surface area contributed by atoms with Crippen molar-refractivity contribution in [3.63, 3.8) is 0 Å². The molecule has 0 saturated carbocycles. The Balaban J connectivity index is 1.87. The third-order valence-corrected chi connectivity index (χ3v) is 5.69. The summed E-state index contributed by atoms with van der Waals surface area (Å²) in [5.41, 5.74) is 0.753. The summed E-state index contributed by atoms with van der Waals surface area (Å²) in [6.07, 6.45) is 0.330. The number of hydrogen-bond acceptors (Lipinski definition) is 4. The molecule has 2 saturated heterocycles. The Kier molecular flexibility index (Phi) is 3.20. The quantitative estimate of drug-likeness (QED) is 0.841. The Morgan fingerprint density at radius 1 is 1.25 bits per heavy atom. The number of fused-ring (bicyclic) bond motifs is 1. The Hall–Kier alpha value is -1.56. The van der Waals surface area contributed by atoms with Gasteiger partial charge in [-0.2, -0.15) is 0 Å². The van der Waals surface area contributed by atoms with Gasteiger partial charge in [0.2, 0.25) is 5.91 Å². The van der Waals surface area contributed by atoms with Crippen molar-refractivity contribution >= 4 is 21.4 Å². The molecular weight excluding hydrogens is 278 g/mol. The number of amides is 1. The van der Waals surface area contributed by atoms with Crippen LogP contribution >= 0.6 is 0 Å². The van der Waals surface area contributed by atoms with E-state index in [4.69, 9.17) is 4.74 Å². The first-order valence-electron chi connectivity index (χ1n) is 6.75. The van der Waals surface area contributed by atoms with Crippen molar-refractivity contribution < 1.29 is 17.9 Å². The van der Waals surface area contributed by atoms with Crippen molar-refractivity contribution in [1.82, 2.24) is 0 Å². The molecule has 0 spiro atoms. The second kappa shape index (κ2) is 4.77. The van der Waals surface area contributed by atoms with E-state index in [-0.39, 0.29) is 29.4 Å². The number of carbonyl (C=O) groups is 1. The van der Waals surface area contributed by atoms with Gasteiger partial charge in [-0.25, -0.2) is 8.42 Å². The van der Waals surface area contributed by atoms with Crippen LogP contribution in [0.1, 0.15) is 13.3 Å². The minimum atomic E-state index is -3.01. The van der Waals surface area contributed by atoms with Crippen molar-refractivity contribution in [2.45, 2.75) is 19.4 Å². The monoisotopic (exact) mass is 295 g/mol. The molecule has 2 aliphatic heterocycles. The maximum atomic E-state index is 12.1. The Bertz CT molecular complexity index is 623. The normalized spacial score (nSPS) is 27.6. The Morgan fingerprint density at radius 3 is 2.60 bits per heavy atom. The molecule has 1 aromatic rings. The standard InChI is InChI=1S/C14H17NO4S/c1-2-19-12-5-3-11(4-6-12)15-13-9-20(17,18)8-10(13)7-14(15)16/h3-6,10,13H,2,7-9H2,1H3/t10-,13+/m1/s1. The van der Waals surface area contributed by atoms with Gasteiger partial charge >= 0.3 is 0 Å². The van der Waals surface area contributed by atoms with Gasteiger partial charge in [0.15, 0.2) is 9.84 Å². The lowest BCUT2D eigenvalue weighted by Crippen LogP contribution is -2.36. The van der Waals surface area contributed by atoms with Crippen molar-refractivity contribution in [3.05, 3.63) is 24.3 Å². The van der Waals surface area contributed by atoms with E-state index < -0.39 is 9.84 Å². The predicted octanol–water partition coefficient (Wildman–Crippen LogP) is 1.24. The van der Waals surface area contributed by atoms with Gasteiger partial charge in [0.1, 0.15) is 5.75 Å². The molecule has 1 aromatic carbocycles. The van der Waals surface area contributed by atoms with E-state index in [1.807, 2.05) is 31.2 Å². The summed E-state index contributed by atoms with van der Waals surface area (Å²) < 4.78 is 28.8. The third kappa shape index (κ3) is 2.28. The van der Waals surface area contributed by atoms with E-state index in [1.165, 1.54) is 0 Å². The summed E-state index contributed by atoms with van der Waals surface area (Å²) in [6.45, 7) is 2.50. The molecule has 0 aromatic heterocycles. The highest BCUT2D eigenvalue weighted by Crippen LogP contribution is 2.37. The molecule has 2 fully saturated rings. The molecule has 0 bridgehead atoms. The summed E-state index contributed by atoms with van der Waals surface area (Å²) >= 11 is 0. The van der Waals surface area contributed by atoms with Crippen LogP contribution < -0.4 is 9.64 Å². The van der Waals surface area contributed by atoms with Gasteiger partial charge in [0, 0.05) is 18.0 Å². The number of anilines is 1. The predicted molar refractivity (Wildman–Crippen MR) is 75.6 cm³/mol. The summed E-state index contributed by atoms with van der Waals surface area (Å²) in [4.78, 5) is 13.8. The highest BCUT2D eigenvalue weighted by Gasteiger charge is 2.49. The van der Waals surface area contributed by atoms with Gasteiger partial charge in [0.05, 0.1) is 24.2 Å². The van der Waals surface area contributed by atoms with Crippen molar-refractivity contribution in [2.75, 3.05) is 23.0 Å². The van der Waals surface area contributed by atoms with Gasteiger partial charge in [-0.1, -0.05) is 0 Å². The zero-order valence-corrected chi connectivity index (χ0v) is 12.1. The van der Waals surface area contributed by atoms with Crippen LogP contribution in [-0.4, -0.2) is 38.5 Å². The van der Waals surface area contributed by atoms with Gasteiger partial charge in [0.25, 0.3) is 0 Å². The first kappa shape index (κ1) is 13.4. The molecule has 0 unspecified atom stereocenters. The molecule has 5 nitrogen and oxygen atoms in total. The lowest BCUT2D eigenvalue weighted by atomic mass is 10.0.